The minimum absolute atomic E-state index is 0.0259. The number of aryl methyl sites for hydroxylation is 2. The summed E-state index contributed by atoms with van der Waals surface area (Å²) in [7, 11) is 1.56. The topological polar surface area (TPSA) is 87.2 Å². The average Bonchev–Trinajstić information content (AvgIpc) is 2.72. The second-order valence-electron chi connectivity index (χ2n) is 7.40. The van der Waals surface area contributed by atoms with Crippen molar-refractivity contribution in [2.75, 3.05) is 30.0 Å². The maximum atomic E-state index is 13.1. The fourth-order valence-electron chi connectivity index (χ4n) is 3.55. The van der Waals surface area contributed by atoms with Gasteiger partial charge in [0.15, 0.2) is 0 Å². The van der Waals surface area contributed by atoms with Crippen LogP contribution in [0.1, 0.15) is 37.3 Å². The van der Waals surface area contributed by atoms with Crippen LogP contribution in [0.2, 0.25) is 0 Å². The van der Waals surface area contributed by atoms with Crippen LogP contribution in [0.15, 0.2) is 42.5 Å². The molecule has 0 aliphatic carbocycles. The van der Waals surface area contributed by atoms with Crippen molar-refractivity contribution in [3.63, 3.8) is 0 Å². The molecule has 0 unspecified atom stereocenters. The van der Waals surface area contributed by atoms with Crippen LogP contribution >= 0.6 is 0 Å². The lowest BCUT2D eigenvalue weighted by Gasteiger charge is -2.27. The Bertz CT molecular complexity index is 904. The van der Waals surface area contributed by atoms with Crippen molar-refractivity contribution in [3.05, 3.63) is 53.6 Å². The van der Waals surface area contributed by atoms with Crippen molar-refractivity contribution >= 4 is 29.2 Å². The van der Waals surface area contributed by atoms with E-state index in [1.807, 2.05) is 32.0 Å². The van der Waals surface area contributed by atoms with E-state index in [1.165, 1.54) is 6.92 Å². The van der Waals surface area contributed by atoms with E-state index in [4.69, 9.17) is 9.84 Å². The molecule has 0 saturated carbocycles. The molecule has 31 heavy (non-hydrogen) atoms. The number of carboxylic acid groups (broad SMARTS) is 1. The van der Waals surface area contributed by atoms with Gasteiger partial charge in [-0.1, -0.05) is 18.2 Å². The number of para-hydroxylation sites is 1. The summed E-state index contributed by atoms with van der Waals surface area (Å²) in [6.07, 6.45) is 0.425. The SMILES string of the molecule is COc1ccc(N(CCCC(=O)O)C(=O)CCN(C(C)=O)c2c(C)cccc2C)cc1. The van der Waals surface area contributed by atoms with E-state index >= 15 is 0 Å². The van der Waals surface area contributed by atoms with Crippen molar-refractivity contribution in [2.45, 2.75) is 40.0 Å². The van der Waals surface area contributed by atoms with Crippen molar-refractivity contribution in [1.29, 1.82) is 0 Å². The molecule has 0 radical (unpaired) electrons. The maximum absolute atomic E-state index is 13.1. The molecule has 0 fully saturated rings. The van der Waals surface area contributed by atoms with Crippen LogP contribution in [0.5, 0.6) is 5.75 Å². The van der Waals surface area contributed by atoms with Gasteiger partial charge >= 0.3 is 5.97 Å². The molecular weight excluding hydrogens is 396 g/mol. The van der Waals surface area contributed by atoms with E-state index in [1.54, 1.807) is 41.2 Å². The summed E-state index contributed by atoms with van der Waals surface area (Å²) in [5.41, 5.74) is 3.43. The monoisotopic (exact) mass is 426 g/mol. The summed E-state index contributed by atoms with van der Waals surface area (Å²) < 4.78 is 5.17. The molecule has 2 aromatic rings. The highest BCUT2D eigenvalue weighted by Gasteiger charge is 2.21. The fraction of sp³-hybridized carbons (Fsp3) is 0.375. The van der Waals surface area contributed by atoms with E-state index in [0.29, 0.717) is 17.9 Å². The molecule has 0 spiro atoms. The highest BCUT2D eigenvalue weighted by atomic mass is 16.5. The zero-order valence-corrected chi connectivity index (χ0v) is 18.6. The number of nitrogens with zero attached hydrogens (tertiary/aromatic N) is 2. The van der Waals surface area contributed by atoms with Gasteiger partial charge in [0.05, 0.1) is 7.11 Å². The van der Waals surface area contributed by atoms with E-state index < -0.39 is 5.97 Å². The summed E-state index contributed by atoms with van der Waals surface area (Å²) in [6, 6.07) is 12.9. The number of methoxy groups -OCH3 is 1. The predicted molar refractivity (Wildman–Crippen MR) is 121 cm³/mol. The second kappa shape index (κ2) is 11.2. The minimum Gasteiger partial charge on any atom is -0.497 e. The lowest BCUT2D eigenvalue weighted by atomic mass is 10.1. The van der Waals surface area contributed by atoms with Gasteiger partial charge in [-0.25, -0.2) is 0 Å². The Balaban J connectivity index is 2.20. The van der Waals surface area contributed by atoms with E-state index in [9.17, 15) is 14.4 Å². The molecule has 0 atom stereocenters. The number of amides is 2. The first-order valence-electron chi connectivity index (χ1n) is 10.2. The Kier molecular flexibility index (Phi) is 8.61. The first-order valence-corrected chi connectivity index (χ1v) is 10.2. The third-order valence-corrected chi connectivity index (χ3v) is 5.10. The summed E-state index contributed by atoms with van der Waals surface area (Å²) in [4.78, 5) is 39.6. The van der Waals surface area contributed by atoms with Crippen LogP contribution in [-0.4, -0.2) is 43.1 Å². The van der Waals surface area contributed by atoms with Gasteiger partial charge in [0.1, 0.15) is 5.75 Å². The van der Waals surface area contributed by atoms with Crippen LogP contribution in [0.3, 0.4) is 0 Å². The largest absolute Gasteiger partial charge is 0.497 e. The van der Waals surface area contributed by atoms with Crippen molar-refractivity contribution in [3.8, 4) is 5.75 Å². The van der Waals surface area contributed by atoms with Crippen LogP contribution in [-0.2, 0) is 14.4 Å². The van der Waals surface area contributed by atoms with Crippen LogP contribution in [0.4, 0.5) is 11.4 Å². The lowest BCUT2D eigenvalue weighted by molar-refractivity contribution is -0.137. The third-order valence-electron chi connectivity index (χ3n) is 5.10. The van der Waals surface area contributed by atoms with Crippen LogP contribution < -0.4 is 14.5 Å². The first kappa shape index (κ1) is 23.9. The molecule has 0 saturated heterocycles. The number of hydrogen-bond acceptors (Lipinski definition) is 4. The Morgan fingerprint density at radius 3 is 2.03 bits per heavy atom. The average molecular weight is 427 g/mol. The quantitative estimate of drug-likeness (QED) is 0.622. The molecule has 7 nitrogen and oxygen atoms in total. The van der Waals surface area contributed by atoms with Crippen molar-refractivity contribution in [1.82, 2.24) is 0 Å². The molecular formula is C24H30N2O5. The minimum atomic E-state index is -0.903. The second-order valence-corrected chi connectivity index (χ2v) is 7.40. The molecule has 7 heteroatoms. The van der Waals surface area contributed by atoms with Gasteiger partial charge in [0.25, 0.3) is 0 Å². The van der Waals surface area contributed by atoms with E-state index in [-0.39, 0.29) is 37.7 Å². The van der Waals surface area contributed by atoms with Gasteiger partial charge in [-0.3, -0.25) is 14.4 Å². The van der Waals surface area contributed by atoms with Gasteiger partial charge in [-0.05, 0) is 55.7 Å². The van der Waals surface area contributed by atoms with Gasteiger partial charge in [-0.15, -0.1) is 0 Å². The Labute approximate surface area is 183 Å². The third kappa shape index (κ3) is 6.57. The smallest absolute Gasteiger partial charge is 0.303 e. The number of anilines is 2. The number of benzene rings is 2. The predicted octanol–water partition coefficient (Wildman–Crippen LogP) is 3.95. The molecule has 0 heterocycles. The highest BCUT2D eigenvalue weighted by molar-refractivity contribution is 5.97. The van der Waals surface area contributed by atoms with E-state index in [2.05, 4.69) is 0 Å². The summed E-state index contributed by atoms with van der Waals surface area (Å²) >= 11 is 0. The molecule has 2 aromatic carbocycles. The Morgan fingerprint density at radius 1 is 0.903 bits per heavy atom. The summed E-state index contributed by atoms with van der Waals surface area (Å²) in [5.74, 6) is -0.542. The Hall–Kier alpha value is -3.35. The molecule has 0 bridgehead atoms. The maximum Gasteiger partial charge on any atom is 0.303 e. The standard InChI is InChI=1S/C24H30N2O5/c1-17-7-5-8-18(2)24(17)25(19(3)27)16-14-22(28)26(15-6-9-23(29)30)20-10-12-21(31-4)13-11-20/h5,7-8,10-13H,6,9,14-16H2,1-4H3,(H,29,30). The number of hydrogen-bond donors (Lipinski definition) is 1. The number of carboxylic acids is 1. The first-order chi connectivity index (χ1) is 14.7. The van der Waals surface area contributed by atoms with Gasteiger partial charge in [0, 0.05) is 44.2 Å². The molecule has 0 aliphatic heterocycles. The zero-order chi connectivity index (χ0) is 23.0. The molecule has 2 rings (SSSR count). The van der Waals surface area contributed by atoms with Crippen molar-refractivity contribution < 1.29 is 24.2 Å². The van der Waals surface area contributed by atoms with Crippen molar-refractivity contribution in [2.24, 2.45) is 0 Å². The summed E-state index contributed by atoms with van der Waals surface area (Å²) in [5, 5.41) is 8.95. The number of aliphatic carboxylic acids is 1. The van der Waals surface area contributed by atoms with Gasteiger partial charge in [-0.2, -0.15) is 0 Å². The molecule has 0 aliphatic rings. The normalized spacial score (nSPS) is 10.5. The number of rotatable bonds is 10. The number of carbonyl (C=O) groups excluding carboxylic acids is 2. The molecule has 2 amide bonds. The number of carbonyl (C=O) groups is 3. The van der Waals surface area contributed by atoms with Crippen LogP contribution in [0.25, 0.3) is 0 Å². The molecule has 0 aromatic heterocycles. The molecule has 166 valence electrons. The fourth-order valence-corrected chi connectivity index (χ4v) is 3.55. The van der Waals surface area contributed by atoms with Crippen LogP contribution in [0, 0.1) is 13.8 Å². The highest BCUT2D eigenvalue weighted by Crippen LogP contribution is 2.26. The van der Waals surface area contributed by atoms with E-state index in [0.717, 1.165) is 16.8 Å². The van der Waals surface area contributed by atoms with Gasteiger partial charge in [0.2, 0.25) is 11.8 Å². The molecule has 1 N–H and O–H groups in total. The Morgan fingerprint density at radius 2 is 1.52 bits per heavy atom. The zero-order valence-electron chi connectivity index (χ0n) is 18.6. The van der Waals surface area contributed by atoms with Gasteiger partial charge < -0.3 is 19.6 Å². The summed E-state index contributed by atoms with van der Waals surface area (Å²) in [6.45, 7) is 5.89. The number of ether oxygens (including phenoxy) is 1. The lowest BCUT2D eigenvalue weighted by Crippen LogP contribution is -2.37.